The van der Waals surface area contributed by atoms with Gasteiger partial charge in [0, 0.05) is 57.3 Å². The Labute approximate surface area is 212 Å². The lowest BCUT2D eigenvalue weighted by Crippen LogP contribution is -2.52. The van der Waals surface area contributed by atoms with Gasteiger partial charge in [0.15, 0.2) is 5.82 Å². The summed E-state index contributed by atoms with van der Waals surface area (Å²) in [6.07, 6.45) is 5.15. The zero-order valence-electron chi connectivity index (χ0n) is 21.0. The molecule has 2 aliphatic rings. The minimum atomic E-state index is -0.0551. The van der Waals surface area contributed by atoms with Crippen molar-refractivity contribution in [2.24, 2.45) is 5.92 Å². The Hall–Kier alpha value is -3.81. The van der Waals surface area contributed by atoms with Gasteiger partial charge in [-0.25, -0.2) is 9.97 Å². The number of carbonyl (C=O) groups excluding carboxylic acids is 1. The van der Waals surface area contributed by atoms with E-state index in [0.717, 1.165) is 62.8 Å². The fourth-order valence-corrected chi connectivity index (χ4v) is 4.93. The molecule has 5 rings (SSSR count). The van der Waals surface area contributed by atoms with E-state index in [9.17, 15) is 4.79 Å². The van der Waals surface area contributed by atoms with E-state index in [0.29, 0.717) is 18.2 Å². The van der Waals surface area contributed by atoms with Crippen LogP contribution in [0.1, 0.15) is 18.4 Å². The Morgan fingerprint density at radius 2 is 1.56 bits per heavy atom. The van der Waals surface area contributed by atoms with E-state index in [1.165, 1.54) is 5.56 Å². The van der Waals surface area contributed by atoms with Crippen LogP contribution in [0.4, 0.5) is 11.5 Å². The first-order chi connectivity index (χ1) is 17.6. The van der Waals surface area contributed by atoms with Crippen LogP contribution in [0, 0.1) is 12.8 Å². The van der Waals surface area contributed by atoms with E-state index in [1.54, 1.807) is 19.5 Å². The predicted octanol–water partition coefficient (Wildman–Crippen LogP) is 4.15. The molecule has 3 aromatic rings. The van der Waals surface area contributed by atoms with Crippen molar-refractivity contribution in [1.82, 2.24) is 14.9 Å². The highest BCUT2D eigenvalue weighted by Gasteiger charge is 2.32. The zero-order chi connectivity index (χ0) is 24.9. The Morgan fingerprint density at radius 3 is 2.28 bits per heavy atom. The number of hydrogen-bond donors (Lipinski definition) is 0. The number of nitrogens with zero attached hydrogens (tertiary/aromatic N) is 5. The van der Waals surface area contributed by atoms with Crippen molar-refractivity contribution in [2.75, 3.05) is 56.2 Å². The maximum atomic E-state index is 13.5. The Kier molecular flexibility index (Phi) is 7.21. The highest BCUT2D eigenvalue weighted by molar-refractivity contribution is 5.80. The summed E-state index contributed by atoms with van der Waals surface area (Å²) in [5.41, 5.74) is 2.33. The number of carbonyl (C=O) groups is 1. The van der Waals surface area contributed by atoms with Crippen LogP contribution >= 0.6 is 0 Å². The van der Waals surface area contributed by atoms with Crippen molar-refractivity contribution in [3.8, 4) is 17.4 Å². The second kappa shape index (κ2) is 10.8. The van der Waals surface area contributed by atoms with Crippen molar-refractivity contribution in [3.63, 3.8) is 0 Å². The van der Waals surface area contributed by atoms with Gasteiger partial charge in [0.25, 0.3) is 5.88 Å². The van der Waals surface area contributed by atoms with E-state index in [-0.39, 0.29) is 11.8 Å². The zero-order valence-corrected chi connectivity index (χ0v) is 21.0. The van der Waals surface area contributed by atoms with Gasteiger partial charge in [0.1, 0.15) is 11.5 Å². The van der Waals surface area contributed by atoms with E-state index in [1.807, 2.05) is 48.2 Å². The first-order valence-corrected chi connectivity index (χ1v) is 12.6. The lowest BCUT2D eigenvalue weighted by Gasteiger charge is -2.40. The van der Waals surface area contributed by atoms with Gasteiger partial charge in [0.2, 0.25) is 5.91 Å². The molecule has 0 radical (unpaired) electrons. The quantitative estimate of drug-likeness (QED) is 0.517. The first-order valence-electron chi connectivity index (χ1n) is 12.6. The molecule has 1 aromatic heterocycles. The number of methoxy groups -OCH3 is 1. The maximum absolute atomic E-state index is 13.5. The number of ether oxygens (including phenoxy) is 2. The van der Waals surface area contributed by atoms with Crippen LogP contribution in [0.25, 0.3) is 0 Å². The lowest BCUT2D eigenvalue weighted by molar-refractivity contribution is -0.136. The van der Waals surface area contributed by atoms with Crippen molar-refractivity contribution in [2.45, 2.75) is 19.8 Å². The number of piperidine rings is 1. The molecule has 188 valence electrons. The van der Waals surface area contributed by atoms with Crippen molar-refractivity contribution < 1.29 is 14.3 Å². The van der Waals surface area contributed by atoms with Gasteiger partial charge >= 0.3 is 0 Å². The first kappa shape index (κ1) is 23.9. The third-order valence-corrected chi connectivity index (χ3v) is 6.98. The number of anilines is 2. The molecule has 3 heterocycles. The second-order valence-corrected chi connectivity index (χ2v) is 9.40. The molecule has 0 spiro atoms. The minimum absolute atomic E-state index is 0.0551. The molecular formula is C28H33N5O3. The van der Waals surface area contributed by atoms with Gasteiger partial charge in [-0.1, -0.05) is 17.7 Å². The van der Waals surface area contributed by atoms with Gasteiger partial charge < -0.3 is 24.2 Å². The van der Waals surface area contributed by atoms with E-state index < -0.39 is 0 Å². The van der Waals surface area contributed by atoms with Crippen molar-refractivity contribution in [1.29, 1.82) is 0 Å². The molecule has 2 saturated heterocycles. The van der Waals surface area contributed by atoms with Crippen LogP contribution in [0.2, 0.25) is 0 Å². The van der Waals surface area contributed by atoms with Crippen LogP contribution in [-0.4, -0.2) is 67.2 Å². The van der Waals surface area contributed by atoms with Crippen LogP contribution in [0.5, 0.6) is 17.4 Å². The molecule has 0 aliphatic carbocycles. The Balaban J connectivity index is 1.21. The molecule has 36 heavy (non-hydrogen) atoms. The number of aromatic nitrogens is 2. The summed E-state index contributed by atoms with van der Waals surface area (Å²) < 4.78 is 11.3. The van der Waals surface area contributed by atoms with Gasteiger partial charge in [-0.2, -0.15) is 0 Å². The highest BCUT2D eigenvalue weighted by atomic mass is 16.5. The van der Waals surface area contributed by atoms with E-state index in [4.69, 9.17) is 9.47 Å². The SMILES string of the molecule is COc1ccc(N2CCN(C(=O)[C@@H]3CCCN(c4nccnc4Oc4ccc(C)cc4)C3)CC2)cc1. The number of hydrogen-bond acceptors (Lipinski definition) is 7. The van der Waals surface area contributed by atoms with Crippen LogP contribution in [0.3, 0.4) is 0 Å². The normalized spacial score (nSPS) is 18.2. The Bertz CT molecular complexity index is 1160. The molecule has 1 amide bonds. The number of benzene rings is 2. The number of rotatable bonds is 6. The third kappa shape index (κ3) is 5.37. The topological polar surface area (TPSA) is 71.0 Å². The fourth-order valence-electron chi connectivity index (χ4n) is 4.93. The van der Waals surface area contributed by atoms with Gasteiger partial charge in [0.05, 0.1) is 13.0 Å². The summed E-state index contributed by atoms with van der Waals surface area (Å²) in [5, 5.41) is 0. The molecular weight excluding hydrogens is 454 g/mol. The van der Waals surface area contributed by atoms with Crippen molar-refractivity contribution in [3.05, 3.63) is 66.5 Å². The van der Waals surface area contributed by atoms with Crippen LogP contribution < -0.4 is 19.3 Å². The predicted molar refractivity (Wildman–Crippen MR) is 140 cm³/mol. The number of piperazine rings is 1. The maximum Gasteiger partial charge on any atom is 0.263 e. The molecule has 2 aromatic carbocycles. The van der Waals surface area contributed by atoms with Gasteiger partial charge in [-0.3, -0.25) is 4.79 Å². The number of amides is 1. The summed E-state index contributed by atoms with van der Waals surface area (Å²) >= 11 is 0. The molecule has 8 heteroatoms. The molecule has 2 aliphatic heterocycles. The molecule has 2 fully saturated rings. The summed E-state index contributed by atoms with van der Waals surface area (Å²) in [4.78, 5) is 29.0. The summed E-state index contributed by atoms with van der Waals surface area (Å²) in [5.74, 6) is 2.92. The largest absolute Gasteiger partial charge is 0.497 e. The summed E-state index contributed by atoms with van der Waals surface area (Å²) in [7, 11) is 1.67. The van der Waals surface area contributed by atoms with Crippen molar-refractivity contribution >= 4 is 17.4 Å². The molecule has 1 atom stereocenters. The van der Waals surface area contributed by atoms with Crippen LogP contribution in [0.15, 0.2) is 60.9 Å². The van der Waals surface area contributed by atoms with Gasteiger partial charge in [-0.05, 0) is 56.2 Å². The van der Waals surface area contributed by atoms with Gasteiger partial charge in [-0.15, -0.1) is 0 Å². The average molecular weight is 488 g/mol. The lowest BCUT2D eigenvalue weighted by atomic mass is 9.96. The molecule has 0 N–H and O–H groups in total. The smallest absolute Gasteiger partial charge is 0.263 e. The van der Waals surface area contributed by atoms with Crippen LogP contribution in [-0.2, 0) is 4.79 Å². The monoisotopic (exact) mass is 487 g/mol. The Morgan fingerprint density at radius 1 is 0.861 bits per heavy atom. The standard InChI is InChI=1S/C28H33N5O3/c1-21-5-9-25(10-6-21)36-27-26(29-13-14-30-27)33-15-3-4-22(20-33)28(34)32-18-16-31(17-19-32)23-7-11-24(35-2)12-8-23/h5-14,22H,3-4,15-20H2,1-2H3/t22-/m1/s1. The summed E-state index contributed by atoms with van der Waals surface area (Å²) in [6.45, 7) is 6.61. The molecule has 0 unspecified atom stereocenters. The fraction of sp³-hybridized carbons (Fsp3) is 0.393. The highest BCUT2D eigenvalue weighted by Crippen LogP contribution is 2.32. The third-order valence-electron chi connectivity index (χ3n) is 6.98. The number of aryl methyl sites for hydroxylation is 1. The van der Waals surface area contributed by atoms with E-state index >= 15 is 0 Å². The second-order valence-electron chi connectivity index (χ2n) is 9.40. The molecule has 8 nitrogen and oxygen atoms in total. The van der Waals surface area contributed by atoms with E-state index in [2.05, 4.69) is 31.9 Å². The summed E-state index contributed by atoms with van der Waals surface area (Å²) in [6, 6.07) is 16.0. The average Bonchev–Trinajstić information content (AvgIpc) is 2.94. The minimum Gasteiger partial charge on any atom is -0.497 e. The molecule has 0 bridgehead atoms. The molecule has 0 saturated carbocycles.